The number of nitrogens with one attached hydrogen (secondary N) is 2. The maximum absolute atomic E-state index is 12.7. The van der Waals surface area contributed by atoms with E-state index in [1.807, 2.05) is 23.6 Å². The number of alkyl halides is 3. The third kappa shape index (κ3) is 5.86. The van der Waals surface area contributed by atoms with Gasteiger partial charge in [0.05, 0.1) is 17.2 Å². The molecule has 0 unspecified atom stereocenters. The molecule has 3 aromatic carbocycles. The lowest BCUT2D eigenvalue weighted by molar-refractivity contribution is -0.137. The number of rotatable bonds is 5. The molecule has 0 radical (unpaired) electrons. The number of nitrogens with zero attached hydrogens (tertiary/aromatic N) is 1. The van der Waals surface area contributed by atoms with Gasteiger partial charge in [-0.05, 0) is 53.6 Å². The van der Waals surface area contributed by atoms with Crippen LogP contribution in [0.3, 0.4) is 0 Å². The highest BCUT2D eigenvalue weighted by molar-refractivity contribution is 5.95. The highest BCUT2D eigenvalue weighted by atomic mass is 19.4. The molecule has 0 bridgehead atoms. The van der Waals surface area contributed by atoms with E-state index < -0.39 is 30.2 Å². The molecule has 0 heterocycles. The molecule has 0 saturated carbocycles. The predicted molar refractivity (Wildman–Crippen MR) is 109 cm³/mol. The smallest absolute Gasteiger partial charge is 0.416 e. The zero-order valence-corrected chi connectivity index (χ0v) is 16.4. The number of nitriles is 1. The Morgan fingerprint density at radius 3 is 2.12 bits per heavy atom. The summed E-state index contributed by atoms with van der Waals surface area (Å²) >= 11 is 0. The number of hydrogen-bond acceptors (Lipinski definition) is 4. The van der Waals surface area contributed by atoms with Gasteiger partial charge in [0.25, 0.3) is 11.8 Å². The molecule has 0 fully saturated rings. The average Bonchev–Trinajstić information content (AvgIpc) is 2.81. The van der Waals surface area contributed by atoms with Gasteiger partial charge in [0.15, 0.2) is 6.61 Å². The van der Waals surface area contributed by atoms with Crippen molar-refractivity contribution >= 4 is 11.8 Å². The Hall–Kier alpha value is -4.32. The largest absolute Gasteiger partial charge is 0.484 e. The van der Waals surface area contributed by atoms with E-state index in [0.29, 0.717) is 17.4 Å². The molecule has 162 valence electrons. The van der Waals surface area contributed by atoms with Crippen molar-refractivity contribution < 1.29 is 27.5 Å². The quantitative estimate of drug-likeness (QED) is 0.586. The Balaban J connectivity index is 1.49. The van der Waals surface area contributed by atoms with Crippen LogP contribution in [0, 0.1) is 11.3 Å². The Kier molecular flexibility index (Phi) is 6.75. The van der Waals surface area contributed by atoms with Crippen LogP contribution >= 0.6 is 0 Å². The normalized spacial score (nSPS) is 10.7. The molecular formula is C23H16F3N3O3. The van der Waals surface area contributed by atoms with E-state index in [4.69, 9.17) is 10.00 Å². The molecule has 0 aliphatic rings. The minimum Gasteiger partial charge on any atom is -0.484 e. The second-order valence-electron chi connectivity index (χ2n) is 6.58. The molecule has 3 rings (SSSR count). The zero-order valence-electron chi connectivity index (χ0n) is 16.4. The minimum absolute atomic E-state index is 0.251. The first-order valence-corrected chi connectivity index (χ1v) is 9.26. The molecule has 3 aromatic rings. The number of carbonyl (C=O) groups excluding carboxylic acids is 2. The summed E-state index contributed by atoms with van der Waals surface area (Å²) in [4.78, 5) is 23.8. The molecular weight excluding hydrogens is 423 g/mol. The number of halogens is 3. The van der Waals surface area contributed by atoms with Gasteiger partial charge in [-0.2, -0.15) is 18.4 Å². The van der Waals surface area contributed by atoms with Crippen LogP contribution in [0.4, 0.5) is 13.2 Å². The van der Waals surface area contributed by atoms with Gasteiger partial charge in [-0.15, -0.1) is 0 Å². The summed E-state index contributed by atoms with van der Waals surface area (Å²) in [5.74, 6) is -1.18. The average molecular weight is 439 g/mol. The lowest BCUT2D eigenvalue weighted by Crippen LogP contribution is -2.43. The SMILES string of the molecule is N#Cc1ccc(-c2ccc(OCC(=O)NNC(=O)c3cccc(C(F)(F)F)c3)cc2)cc1. The van der Waals surface area contributed by atoms with Crippen molar-refractivity contribution in [2.75, 3.05) is 6.61 Å². The summed E-state index contributed by atoms with van der Waals surface area (Å²) in [6.45, 7) is -0.418. The lowest BCUT2D eigenvalue weighted by atomic mass is 10.0. The summed E-state index contributed by atoms with van der Waals surface area (Å²) in [6.07, 6.45) is -4.58. The van der Waals surface area contributed by atoms with Crippen molar-refractivity contribution in [1.82, 2.24) is 10.9 Å². The highest BCUT2D eigenvalue weighted by Crippen LogP contribution is 2.29. The number of hydrogen-bond donors (Lipinski definition) is 2. The summed E-state index contributed by atoms with van der Waals surface area (Å²) in [6, 6.07) is 19.8. The number of benzene rings is 3. The van der Waals surface area contributed by atoms with Crippen molar-refractivity contribution in [2.24, 2.45) is 0 Å². The first-order chi connectivity index (χ1) is 15.3. The molecule has 0 aliphatic carbocycles. The summed E-state index contributed by atoms with van der Waals surface area (Å²) < 4.78 is 43.5. The van der Waals surface area contributed by atoms with E-state index in [9.17, 15) is 22.8 Å². The fraction of sp³-hybridized carbons (Fsp3) is 0.0870. The molecule has 32 heavy (non-hydrogen) atoms. The first kappa shape index (κ1) is 22.4. The predicted octanol–water partition coefficient (Wildman–Crippen LogP) is 4.08. The van der Waals surface area contributed by atoms with Crippen LogP contribution in [0.15, 0.2) is 72.8 Å². The van der Waals surface area contributed by atoms with Crippen LogP contribution in [-0.2, 0) is 11.0 Å². The van der Waals surface area contributed by atoms with Gasteiger partial charge in [-0.1, -0.05) is 30.3 Å². The lowest BCUT2D eigenvalue weighted by Gasteiger charge is -2.11. The Bertz CT molecular complexity index is 1150. The number of hydrazine groups is 1. The van der Waals surface area contributed by atoms with Gasteiger partial charge in [-0.25, -0.2) is 0 Å². The van der Waals surface area contributed by atoms with Crippen molar-refractivity contribution in [1.29, 1.82) is 5.26 Å². The number of carbonyl (C=O) groups is 2. The van der Waals surface area contributed by atoms with Crippen LogP contribution in [-0.4, -0.2) is 18.4 Å². The molecule has 0 atom stereocenters. The van der Waals surface area contributed by atoms with Gasteiger partial charge < -0.3 is 4.74 Å². The molecule has 0 aliphatic heterocycles. The van der Waals surface area contributed by atoms with Gasteiger partial charge in [0.1, 0.15) is 5.75 Å². The maximum atomic E-state index is 12.7. The van der Waals surface area contributed by atoms with Gasteiger partial charge in [0.2, 0.25) is 0 Å². The zero-order chi connectivity index (χ0) is 23.1. The summed E-state index contributed by atoms with van der Waals surface area (Å²) in [5.41, 5.74) is 5.26. The van der Waals surface area contributed by atoms with Crippen molar-refractivity contribution in [2.45, 2.75) is 6.18 Å². The molecule has 9 heteroatoms. The van der Waals surface area contributed by atoms with Gasteiger partial charge >= 0.3 is 6.18 Å². The standard InChI is InChI=1S/C23H16F3N3O3/c24-23(25,26)19-3-1-2-18(12-19)22(31)29-28-21(30)14-32-20-10-8-17(9-11-20)16-6-4-15(13-27)5-7-16/h1-12H,14H2,(H,28,30)(H,29,31). The van der Waals surface area contributed by atoms with Gasteiger partial charge in [-0.3, -0.25) is 20.4 Å². The van der Waals surface area contributed by atoms with E-state index in [2.05, 4.69) is 5.43 Å². The number of amides is 2. The maximum Gasteiger partial charge on any atom is 0.416 e. The van der Waals surface area contributed by atoms with Crippen LogP contribution in [0.2, 0.25) is 0 Å². The molecule has 0 aromatic heterocycles. The number of ether oxygens (including phenoxy) is 1. The Morgan fingerprint density at radius 1 is 0.906 bits per heavy atom. The summed E-state index contributed by atoms with van der Waals surface area (Å²) in [7, 11) is 0. The second-order valence-corrected chi connectivity index (χ2v) is 6.58. The molecule has 0 spiro atoms. The van der Waals surface area contributed by atoms with Crippen LogP contribution < -0.4 is 15.6 Å². The van der Waals surface area contributed by atoms with Crippen molar-refractivity contribution in [3.05, 3.63) is 89.5 Å². The third-order valence-electron chi connectivity index (χ3n) is 4.34. The molecule has 6 nitrogen and oxygen atoms in total. The van der Waals surface area contributed by atoms with Gasteiger partial charge in [0, 0.05) is 5.56 Å². The van der Waals surface area contributed by atoms with Crippen LogP contribution in [0.5, 0.6) is 5.75 Å². The second kappa shape index (κ2) is 9.66. The molecule has 2 N–H and O–H groups in total. The fourth-order valence-corrected chi connectivity index (χ4v) is 2.70. The van der Waals surface area contributed by atoms with E-state index in [1.54, 1.807) is 36.4 Å². The topological polar surface area (TPSA) is 91.2 Å². The van der Waals surface area contributed by atoms with Crippen molar-refractivity contribution in [3.8, 4) is 22.9 Å². The van der Waals surface area contributed by atoms with Crippen LogP contribution in [0.25, 0.3) is 11.1 Å². The molecule has 2 amide bonds. The molecule has 0 saturated heterocycles. The third-order valence-corrected chi connectivity index (χ3v) is 4.34. The van der Waals surface area contributed by atoms with E-state index in [1.165, 1.54) is 6.07 Å². The van der Waals surface area contributed by atoms with Crippen molar-refractivity contribution in [3.63, 3.8) is 0 Å². The highest BCUT2D eigenvalue weighted by Gasteiger charge is 2.30. The monoisotopic (exact) mass is 439 g/mol. The Morgan fingerprint density at radius 2 is 1.53 bits per heavy atom. The van der Waals surface area contributed by atoms with E-state index >= 15 is 0 Å². The van der Waals surface area contributed by atoms with E-state index in [-0.39, 0.29) is 5.56 Å². The van der Waals surface area contributed by atoms with Crippen LogP contribution in [0.1, 0.15) is 21.5 Å². The fourth-order valence-electron chi connectivity index (χ4n) is 2.70. The minimum atomic E-state index is -4.58. The van der Waals surface area contributed by atoms with E-state index in [0.717, 1.165) is 23.3 Å². The first-order valence-electron chi connectivity index (χ1n) is 9.26. The summed E-state index contributed by atoms with van der Waals surface area (Å²) in [5, 5.41) is 8.84. The Labute approximate surface area is 181 Å².